The lowest BCUT2D eigenvalue weighted by molar-refractivity contribution is 0.0855. The molecule has 1 rings (SSSR count). The van der Waals surface area contributed by atoms with Gasteiger partial charge in [0.15, 0.2) is 0 Å². The smallest absolute Gasteiger partial charge is 0.134 e. The van der Waals surface area contributed by atoms with Crippen molar-refractivity contribution < 1.29 is 4.74 Å². The summed E-state index contributed by atoms with van der Waals surface area (Å²) in [7, 11) is 0. The van der Waals surface area contributed by atoms with E-state index in [-0.39, 0.29) is 6.10 Å². The first-order valence-corrected chi connectivity index (χ1v) is 6.42. The summed E-state index contributed by atoms with van der Waals surface area (Å²) in [6.45, 7) is 7.53. The zero-order valence-electron chi connectivity index (χ0n) is 10.7. The Morgan fingerprint density at radius 1 is 1.41 bits per heavy atom. The summed E-state index contributed by atoms with van der Waals surface area (Å²) >= 11 is 5.94. The van der Waals surface area contributed by atoms with Crippen LogP contribution in [0.5, 0.6) is 0 Å². The summed E-state index contributed by atoms with van der Waals surface area (Å²) in [6.07, 6.45) is 2.01. The Hall–Kier alpha value is -0.870. The van der Waals surface area contributed by atoms with Crippen molar-refractivity contribution in [1.82, 2.24) is 9.97 Å². The lowest BCUT2D eigenvalue weighted by atomic mass is 10.3. The number of aryl methyl sites for hydroxylation is 1. The molecule has 0 aliphatic carbocycles. The predicted molar refractivity (Wildman–Crippen MR) is 70.6 cm³/mol. The van der Waals surface area contributed by atoms with Crippen LogP contribution in [0.2, 0.25) is 5.15 Å². The summed E-state index contributed by atoms with van der Waals surface area (Å²) < 4.78 is 5.43. The molecule has 1 unspecified atom stereocenters. The number of rotatable bonds is 7. The minimum absolute atomic E-state index is 0.156. The summed E-state index contributed by atoms with van der Waals surface area (Å²) in [4.78, 5) is 8.56. The van der Waals surface area contributed by atoms with Crippen LogP contribution in [0, 0.1) is 0 Å². The minimum Gasteiger partial charge on any atom is -0.377 e. The van der Waals surface area contributed by atoms with Gasteiger partial charge in [0.2, 0.25) is 0 Å². The van der Waals surface area contributed by atoms with Crippen molar-refractivity contribution in [3.63, 3.8) is 0 Å². The highest BCUT2D eigenvalue weighted by Crippen LogP contribution is 2.12. The molecule has 0 saturated carbocycles. The number of hydrogen-bond donors (Lipinski definition) is 1. The first-order chi connectivity index (χ1) is 8.15. The van der Waals surface area contributed by atoms with Gasteiger partial charge in [-0.25, -0.2) is 9.97 Å². The fourth-order valence-electron chi connectivity index (χ4n) is 1.48. The maximum Gasteiger partial charge on any atom is 0.134 e. The van der Waals surface area contributed by atoms with Gasteiger partial charge in [-0.1, -0.05) is 18.5 Å². The lowest BCUT2D eigenvalue weighted by Gasteiger charge is -2.13. The Balaban J connectivity index is 2.57. The van der Waals surface area contributed by atoms with Crippen LogP contribution >= 0.6 is 11.6 Å². The first-order valence-electron chi connectivity index (χ1n) is 6.04. The molecule has 1 N–H and O–H groups in total. The van der Waals surface area contributed by atoms with Gasteiger partial charge in [0.25, 0.3) is 0 Å². The monoisotopic (exact) mass is 257 g/mol. The fourth-order valence-corrected chi connectivity index (χ4v) is 1.68. The molecule has 0 fully saturated rings. The van der Waals surface area contributed by atoms with Gasteiger partial charge in [-0.15, -0.1) is 0 Å². The number of aromatic nitrogens is 2. The average molecular weight is 258 g/mol. The quantitative estimate of drug-likeness (QED) is 0.763. The molecule has 0 spiro atoms. The second-order valence-corrected chi connectivity index (χ2v) is 4.28. The molecule has 0 aliphatic heterocycles. The summed E-state index contributed by atoms with van der Waals surface area (Å²) in [5.41, 5.74) is 0. The SMILES string of the molecule is CCCc1nc(Cl)cc(NCC(C)OCC)n1. The summed E-state index contributed by atoms with van der Waals surface area (Å²) in [5.74, 6) is 1.55. The highest BCUT2D eigenvalue weighted by atomic mass is 35.5. The number of nitrogens with zero attached hydrogens (tertiary/aromatic N) is 2. The van der Waals surface area contributed by atoms with E-state index in [1.165, 1.54) is 0 Å². The molecule has 0 amide bonds. The van der Waals surface area contributed by atoms with E-state index in [9.17, 15) is 0 Å². The van der Waals surface area contributed by atoms with Gasteiger partial charge in [0, 0.05) is 25.6 Å². The average Bonchev–Trinajstić information content (AvgIpc) is 2.26. The van der Waals surface area contributed by atoms with E-state index in [0.29, 0.717) is 18.3 Å². The van der Waals surface area contributed by atoms with Crippen molar-refractivity contribution in [3.05, 3.63) is 17.0 Å². The van der Waals surface area contributed by atoms with E-state index in [1.54, 1.807) is 6.07 Å². The molecule has 0 saturated heterocycles. The molecule has 96 valence electrons. The number of hydrogen-bond acceptors (Lipinski definition) is 4. The van der Waals surface area contributed by atoms with Gasteiger partial charge in [-0.05, 0) is 20.3 Å². The van der Waals surface area contributed by atoms with Gasteiger partial charge >= 0.3 is 0 Å². The molecule has 0 aromatic carbocycles. The van der Waals surface area contributed by atoms with Crippen molar-refractivity contribution in [2.24, 2.45) is 0 Å². The van der Waals surface area contributed by atoms with Crippen molar-refractivity contribution in [3.8, 4) is 0 Å². The van der Waals surface area contributed by atoms with Gasteiger partial charge in [-0.2, -0.15) is 0 Å². The van der Waals surface area contributed by atoms with Gasteiger partial charge in [0.1, 0.15) is 16.8 Å². The zero-order valence-corrected chi connectivity index (χ0v) is 11.4. The maximum atomic E-state index is 5.94. The van der Waals surface area contributed by atoms with Crippen LogP contribution in [-0.2, 0) is 11.2 Å². The van der Waals surface area contributed by atoms with Crippen LogP contribution in [-0.4, -0.2) is 29.2 Å². The van der Waals surface area contributed by atoms with Crippen molar-refractivity contribution in [2.45, 2.75) is 39.7 Å². The standard InChI is InChI=1S/C12H20ClN3O/c1-4-6-11-15-10(13)7-12(16-11)14-8-9(3)17-5-2/h7,9H,4-6,8H2,1-3H3,(H,14,15,16). The van der Waals surface area contributed by atoms with Crippen molar-refractivity contribution in [1.29, 1.82) is 0 Å². The van der Waals surface area contributed by atoms with Crippen LogP contribution in [0.3, 0.4) is 0 Å². The zero-order chi connectivity index (χ0) is 12.7. The van der Waals surface area contributed by atoms with Gasteiger partial charge < -0.3 is 10.1 Å². The van der Waals surface area contributed by atoms with E-state index in [4.69, 9.17) is 16.3 Å². The fraction of sp³-hybridized carbons (Fsp3) is 0.667. The third-order valence-electron chi connectivity index (χ3n) is 2.24. The Labute approximate surface area is 108 Å². The van der Waals surface area contributed by atoms with Crippen molar-refractivity contribution >= 4 is 17.4 Å². The normalized spacial score (nSPS) is 12.5. The number of nitrogens with one attached hydrogen (secondary N) is 1. The molecule has 0 radical (unpaired) electrons. The van der Waals surface area contributed by atoms with Crippen LogP contribution in [0.1, 0.15) is 33.0 Å². The lowest BCUT2D eigenvalue weighted by Crippen LogP contribution is -2.20. The molecule has 1 atom stereocenters. The summed E-state index contributed by atoms with van der Waals surface area (Å²) in [6, 6.07) is 1.74. The van der Waals surface area contributed by atoms with Crippen LogP contribution in [0.15, 0.2) is 6.07 Å². The third-order valence-corrected chi connectivity index (χ3v) is 2.43. The van der Waals surface area contributed by atoms with Crippen LogP contribution in [0.4, 0.5) is 5.82 Å². The number of ether oxygens (including phenoxy) is 1. The molecule has 17 heavy (non-hydrogen) atoms. The number of halogens is 1. The Bertz CT molecular complexity index is 347. The molecule has 1 heterocycles. The molecule has 1 aromatic rings. The largest absolute Gasteiger partial charge is 0.377 e. The van der Waals surface area contributed by atoms with Crippen molar-refractivity contribution in [2.75, 3.05) is 18.5 Å². The van der Waals surface area contributed by atoms with E-state index in [0.717, 1.165) is 24.5 Å². The molecule has 0 aliphatic rings. The molecule has 5 heteroatoms. The van der Waals surface area contributed by atoms with Crippen LogP contribution in [0.25, 0.3) is 0 Å². The highest BCUT2D eigenvalue weighted by Gasteiger charge is 2.05. The molecular weight excluding hydrogens is 238 g/mol. The maximum absolute atomic E-state index is 5.94. The Morgan fingerprint density at radius 2 is 2.18 bits per heavy atom. The summed E-state index contributed by atoms with van der Waals surface area (Å²) in [5, 5.41) is 3.69. The number of anilines is 1. The van der Waals surface area contributed by atoms with Gasteiger partial charge in [-0.3, -0.25) is 0 Å². The minimum atomic E-state index is 0.156. The Kier molecular flexibility index (Phi) is 6.22. The van der Waals surface area contributed by atoms with Gasteiger partial charge in [0.05, 0.1) is 6.10 Å². The van der Waals surface area contributed by atoms with E-state index in [2.05, 4.69) is 22.2 Å². The second-order valence-electron chi connectivity index (χ2n) is 3.89. The molecule has 0 bridgehead atoms. The van der Waals surface area contributed by atoms with E-state index < -0.39 is 0 Å². The van der Waals surface area contributed by atoms with E-state index >= 15 is 0 Å². The first kappa shape index (κ1) is 14.2. The molecule has 4 nitrogen and oxygen atoms in total. The predicted octanol–water partition coefficient (Wildman–Crippen LogP) is 2.92. The molecular formula is C12H20ClN3O. The second kappa shape index (κ2) is 7.45. The topological polar surface area (TPSA) is 47.0 Å². The highest BCUT2D eigenvalue weighted by molar-refractivity contribution is 6.29. The molecule has 1 aromatic heterocycles. The van der Waals surface area contributed by atoms with Crippen LogP contribution < -0.4 is 5.32 Å². The van der Waals surface area contributed by atoms with E-state index in [1.807, 2.05) is 13.8 Å². The Morgan fingerprint density at radius 3 is 2.82 bits per heavy atom. The third kappa shape index (κ3) is 5.33.